The predicted octanol–water partition coefficient (Wildman–Crippen LogP) is 2.08. The first-order chi connectivity index (χ1) is 11.4. The van der Waals surface area contributed by atoms with Crippen molar-refractivity contribution in [3.8, 4) is 0 Å². The second-order valence-corrected chi connectivity index (χ2v) is 8.93. The number of guanidine groups is 1. The molecule has 0 bridgehead atoms. The van der Waals surface area contributed by atoms with E-state index >= 15 is 0 Å². The van der Waals surface area contributed by atoms with Crippen LogP contribution in [0.1, 0.15) is 31.2 Å². The molecule has 2 N–H and O–H groups in total. The molecular formula is C16H21ClFN3O2S. The standard InChI is InChI=1S/C16H21ClFN3O2S/c1-2-19-16(20-10-6-7-24(22,23)9-10)21-14-8-11(14)15-12(17)4-3-5-13(15)18/h3-5,10-11,14H,2,6-9H2,1H3,(H2,19,20,21). The van der Waals surface area contributed by atoms with Crippen LogP contribution in [0.5, 0.6) is 0 Å². The summed E-state index contributed by atoms with van der Waals surface area (Å²) in [4.78, 5) is 4.36. The van der Waals surface area contributed by atoms with Crippen LogP contribution in [-0.2, 0) is 9.84 Å². The Morgan fingerprint density at radius 1 is 1.42 bits per heavy atom. The van der Waals surface area contributed by atoms with E-state index in [9.17, 15) is 12.8 Å². The van der Waals surface area contributed by atoms with Crippen molar-refractivity contribution >= 4 is 27.4 Å². The van der Waals surface area contributed by atoms with E-state index < -0.39 is 9.84 Å². The molecule has 2 aliphatic rings. The maximum Gasteiger partial charge on any atom is 0.191 e. The number of sulfone groups is 1. The average molecular weight is 374 g/mol. The first-order valence-electron chi connectivity index (χ1n) is 8.11. The minimum atomic E-state index is -2.95. The van der Waals surface area contributed by atoms with Crippen molar-refractivity contribution in [1.82, 2.24) is 10.6 Å². The van der Waals surface area contributed by atoms with Crippen molar-refractivity contribution in [2.24, 2.45) is 4.99 Å². The Morgan fingerprint density at radius 3 is 2.83 bits per heavy atom. The maximum absolute atomic E-state index is 14.0. The summed E-state index contributed by atoms with van der Waals surface area (Å²) in [5.74, 6) is 0.640. The van der Waals surface area contributed by atoms with Gasteiger partial charge in [-0.2, -0.15) is 0 Å². The van der Waals surface area contributed by atoms with E-state index in [1.807, 2.05) is 6.92 Å². The Morgan fingerprint density at radius 2 is 2.21 bits per heavy atom. The van der Waals surface area contributed by atoms with E-state index in [0.29, 0.717) is 29.5 Å². The summed E-state index contributed by atoms with van der Waals surface area (Å²) in [6, 6.07) is 4.63. The van der Waals surface area contributed by atoms with Crippen molar-refractivity contribution in [3.63, 3.8) is 0 Å². The molecule has 1 aromatic carbocycles. The third-order valence-electron chi connectivity index (χ3n) is 4.37. The van der Waals surface area contributed by atoms with Crippen molar-refractivity contribution in [2.75, 3.05) is 18.1 Å². The molecule has 0 radical (unpaired) electrons. The van der Waals surface area contributed by atoms with Gasteiger partial charge in [0, 0.05) is 35.1 Å². The molecule has 1 aliphatic heterocycles. The molecule has 0 aromatic heterocycles. The fourth-order valence-corrected chi connectivity index (χ4v) is 5.08. The average Bonchev–Trinajstić information content (AvgIpc) is 3.14. The lowest BCUT2D eigenvalue weighted by Gasteiger charge is -2.17. The first-order valence-corrected chi connectivity index (χ1v) is 10.3. The molecule has 8 heteroatoms. The van der Waals surface area contributed by atoms with Crippen molar-refractivity contribution in [1.29, 1.82) is 0 Å². The third kappa shape index (κ3) is 4.00. The molecule has 0 amide bonds. The predicted molar refractivity (Wildman–Crippen MR) is 93.9 cm³/mol. The van der Waals surface area contributed by atoms with Crippen LogP contribution in [0, 0.1) is 5.82 Å². The Kier molecular flexibility index (Phi) is 5.01. The number of nitrogens with zero attached hydrogens (tertiary/aromatic N) is 1. The number of rotatable bonds is 4. The molecule has 1 aromatic rings. The molecule has 132 valence electrons. The van der Waals surface area contributed by atoms with Gasteiger partial charge in [-0.05, 0) is 31.9 Å². The Bertz CT molecular complexity index is 733. The van der Waals surface area contributed by atoms with Gasteiger partial charge in [-0.25, -0.2) is 12.8 Å². The molecule has 24 heavy (non-hydrogen) atoms. The van der Waals surface area contributed by atoms with E-state index in [-0.39, 0.29) is 35.3 Å². The minimum Gasteiger partial charge on any atom is -0.353 e. The molecule has 3 rings (SSSR count). The van der Waals surface area contributed by atoms with Crippen LogP contribution in [0.25, 0.3) is 0 Å². The number of aliphatic imine (C=N–C) groups is 1. The van der Waals surface area contributed by atoms with E-state index in [0.717, 1.165) is 6.42 Å². The van der Waals surface area contributed by atoms with E-state index in [1.165, 1.54) is 6.07 Å². The van der Waals surface area contributed by atoms with Crippen molar-refractivity contribution in [3.05, 3.63) is 34.6 Å². The van der Waals surface area contributed by atoms with E-state index in [4.69, 9.17) is 11.6 Å². The summed E-state index contributed by atoms with van der Waals surface area (Å²) in [7, 11) is -2.95. The zero-order chi connectivity index (χ0) is 17.3. The zero-order valence-electron chi connectivity index (χ0n) is 13.4. The van der Waals surface area contributed by atoms with Gasteiger partial charge in [-0.1, -0.05) is 17.7 Å². The summed E-state index contributed by atoms with van der Waals surface area (Å²) < 4.78 is 37.1. The van der Waals surface area contributed by atoms with E-state index in [2.05, 4.69) is 15.6 Å². The molecule has 5 nitrogen and oxygen atoms in total. The van der Waals surface area contributed by atoms with Crippen LogP contribution in [0.2, 0.25) is 5.02 Å². The smallest absolute Gasteiger partial charge is 0.191 e. The third-order valence-corrected chi connectivity index (χ3v) is 6.47. The van der Waals surface area contributed by atoms with Gasteiger partial charge < -0.3 is 10.6 Å². The summed E-state index contributed by atoms with van der Waals surface area (Å²) >= 11 is 6.12. The Balaban J connectivity index is 1.63. The quantitative estimate of drug-likeness (QED) is 0.626. The normalized spacial score (nSPS) is 28.6. The molecule has 3 atom stereocenters. The molecular weight excluding hydrogens is 353 g/mol. The number of hydrogen-bond donors (Lipinski definition) is 2. The summed E-state index contributed by atoms with van der Waals surface area (Å²) in [6.45, 7) is 2.49. The fourth-order valence-electron chi connectivity index (χ4n) is 3.11. The largest absolute Gasteiger partial charge is 0.353 e. The van der Waals surface area contributed by atoms with Crippen LogP contribution in [0.3, 0.4) is 0 Å². The summed E-state index contributed by atoms with van der Waals surface area (Å²) in [6.07, 6.45) is 1.36. The van der Waals surface area contributed by atoms with Crippen LogP contribution < -0.4 is 10.6 Å². The van der Waals surface area contributed by atoms with Gasteiger partial charge in [0.2, 0.25) is 0 Å². The molecule has 3 unspecified atom stereocenters. The molecule has 1 aliphatic carbocycles. The number of hydrogen-bond acceptors (Lipinski definition) is 3. The number of nitrogens with one attached hydrogen (secondary N) is 2. The fraction of sp³-hybridized carbons (Fsp3) is 0.562. The molecule has 2 fully saturated rings. The SMILES string of the molecule is CCN=C(NC1CCS(=O)(=O)C1)NC1CC1c1c(F)cccc1Cl. The first kappa shape index (κ1) is 17.5. The number of halogens is 2. The minimum absolute atomic E-state index is 0.00914. The van der Waals surface area contributed by atoms with Crippen LogP contribution in [-0.4, -0.2) is 44.5 Å². The molecule has 1 saturated heterocycles. The Hall–Kier alpha value is -1.34. The highest BCUT2D eigenvalue weighted by molar-refractivity contribution is 7.91. The number of benzene rings is 1. The van der Waals surface area contributed by atoms with Gasteiger partial charge in [0.25, 0.3) is 0 Å². The van der Waals surface area contributed by atoms with Crippen LogP contribution >= 0.6 is 11.6 Å². The lowest BCUT2D eigenvalue weighted by Crippen LogP contribution is -2.45. The molecule has 1 saturated carbocycles. The lowest BCUT2D eigenvalue weighted by atomic mass is 10.1. The van der Waals surface area contributed by atoms with Gasteiger partial charge in [0.05, 0.1) is 11.5 Å². The van der Waals surface area contributed by atoms with Gasteiger partial charge >= 0.3 is 0 Å². The highest BCUT2D eigenvalue weighted by Crippen LogP contribution is 2.44. The lowest BCUT2D eigenvalue weighted by molar-refractivity contribution is 0.598. The van der Waals surface area contributed by atoms with Gasteiger partial charge in [0.1, 0.15) is 5.82 Å². The van der Waals surface area contributed by atoms with Crippen molar-refractivity contribution < 1.29 is 12.8 Å². The van der Waals surface area contributed by atoms with Gasteiger partial charge in [-0.15, -0.1) is 0 Å². The van der Waals surface area contributed by atoms with Gasteiger partial charge in [-0.3, -0.25) is 4.99 Å². The second kappa shape index (κ2) is 6.88. The molecule has 0 spiro atoms. The second-order valence-electron chi connectivity index (χ2n) is 6.30. The summed E-state index contributed by atoms with van der Waals surface area (Å²) in [5.41, 5.74) is 0.538. The van der Waals surface area contributed by atoms with Crippen molar-refractivity contribution in [2.45, 2.75) is 37.8 Å². The van der Waals surface area contributed by atoms with Crippen LogP contribution in [0.4, 0.5) is 4.39 Å². The van der Waals surface area contributed by atoms with E-state index in [1.54, 1.807) is 12.1 Å². The topological polar surface area (TPSA) is 70.6 Å². The van der Waals surface area contributed by atoms with Crippen LogP contribution in [0.15, 0.2) is 23.2 Å². The highest BCUT2D eigenvalue weighted by atomic mass is 35.5. The van der Waals surface area contributed by atoms with Gasteiger partial charge in [0.15, 0.2) is 15.8 Å². The monoisotopic (exact) mass is 373 g/mol. The summed E-state index contributed by atoms with van der Waals surface area (Å²) in [5, 5.41) is 6.88. The highest BCUT2D eigenvalue weighted by Gasteiger charge is 2.42. The molecule has 1 heterocycles. The maximum atomic E-state index is 14.0. The Labute approximate surface area is 146 Å². The zero-order valence-corrected chi connectivity index (χ0v) is 15.0.